The maximum Gasteiger partial charge on any atom is 0.0246 e. The first-order valence-electron chi connectivity index (χ1n) is 8.30. The molecule has 1 heterocycles. The van der Waals surface area contributed by atoms with Crippen LogP contribution < -0.4 is 5.32 Å². The van der Waals surface area contributed by atoms with E-state index in [1.165, 1.54) is 50.8 Å². The molecule has 1 aromatic carbocycles. The Bertz CT molecular complexity index is 397. The van der Waals surface area contributed by atoms with E-state index in [0.717, 1.165) is 18.4 Å². The summed E-state index contributed by atoms with van der Waals surface area (Å²) >= 11 is 0. The first-order chi connectivity index (χ1) is 9.83. The summed E-state index contributed by atoms with van der Waals surface area (Å²) in [5.41, 5.74) is 1.45. The van der Waals surface area contributed by atoms with Crippen molar-refractivity contribution in [2.75, 3.05) is 20.1 Å². The molecule has 20 heavy (non-hydrogen) atoms. The monoisotopic (exact) mass is 272 g/mol. The Balaban J connectivity index is 1.53. The lowest BCUT2D eigenvalue weighted by atomic mass is 9.82. The van der Waals surface area contributed by atoms with Crippen molar-refractivity contribution in [2.24, 2.45) is 5.92 Å². The van der Waals surface area contributed by atoms with E-state index in [-0.39, 0.29) is 0 Å². The van der Waals surface area contributed by atoms with Crippen LogP contribution in [-0.4, -0.2) is 37.1 Å². The van der Waals surface area contributed by atoms with Crippen LogP contribution in [0.4, 0.5) is 0 Å². The van der Waals surface area contributed by atoms with E-state index in [1.807, 2.05) is 0 Å². The van der Waals surface area contributed by atoms with Gasteiger partial charge in [-0.05, 0) is 37.8 Å². The molecule has 1 N–H and O–H groups in total. The van der Waals surface area contributed by atoms with Gasteiger partial charge in [-0.25, -0.2) is 0 Å². The molecule has 0 spiro atoms. The van der Waals surface area contributed by atoms with Crippen molar-refractivity contribution in [3.63, 3.8) is 0 Å². The molecule has 1 saturated heterocycles. The number of piperazine rings is 1. The van der Waals surface area contributed by atoms with E-state index in [4.69, 9.17) is 0 Å². The minimum atomic E-state index is 0.613. The first kappa shape index (κ1) is 14.1. The number of nitrogens with zero attached hydrogens (tertiary/aromatic N) is 1. The van der Waals surface area contributed by atoms with Gasteiger partial charge in [-0.3, -0.25) is 0 Å². The highest BCUT2D eigenvalue weighted by atomic mass is 15.2. The first-order valence-corrected chi connectivity index (χ1v) is 8.30. The molecule has 1 aliphatic heterocycles. The molecule has 110 valence electrons. The quantitative estimate of drug-likeness (QED) is 0.909. The van der Waals surface area contributed by atoms with Crippen LogP contribution in [0.25, 0.3) is 0 Å². The molecule has 1 aliphatic carbocycles. The molecule has 2 atom stereocenters. The summed E-state index contributed by atoms with van der Waals surface area (Å²) < 4.78 is 0. The van der Waals surface area contributed by atoms with Gasteiger partial charge in [0.15, 0.2) is 0 Å². The molecule has 0 aromatic heterocycles. The van der Waals surface area contributed by atoms with Gasteiger partial charge in [0.05, 0.1) is 0 Å². The maximum absolute atomic E-state index is 3.80. The van der Waals surface area contributed by atoms with Crippen molar-refractivity contribution in [3.8, 4) is 0 Å². The fraction of sp³-hybridized carbons (Fsp3) is 0.667. The molecule has 2 aliphatic rings. The summed E-state index contributed by atoms with van der Waals surface area (Å²) in [7, 11) is 2.33. The van der Waals surface area contributed by atoms with E-state index in [1.54, 1.807) is 0 Å². The van der Waals surface area contributed by atoms with Gasteiger partial charge in [0.1, 0.15) is 0 Å². The fourth-order valence-electron chi connectivity index (χ4n) is 4.07. The third-order valence-corrected chi connectivity index (χ3v) is 5.21. The van der Waals surface area contributed by atoms with Crippen LogP contribution in [0.15, 0.2) is 30.3 Å². The molecule has 0 radical (unpaired) electrons. The topological polar surface area (TPSA) is 15.3 Å². The number of benzene rings is 1. The summed E-state index contributed by atoms with van der Waals surface area (Å²) in [5, 5.41) is 3.80. The van der Waals surface area contributed by atoms with Gasteiger partial charge in [0, 0.05) is 25.2 Å². The molecule has 2 fully saturated rings. The van der Waals surface area contributed by atoms with Crippen molar-refractivity contribution in [1.29, 1.82) is 0 Å². The predicted octanol–water partition coefficient (Wildman–Crippen LogP) is 3.08. The molecular formula is C18H28N2. The zero-order chi connectivity index (χ0) is 13.8. The Labute approximate surface area is 123 Å². The van der Waals surface area contributed by atoms with Gasteiger partial charge in [-0.2, -0.15) is 0 Å². The largest absolute Gasteiger partial charge is 0.311 e. The van der Waals surface area contributed by atoms with E-state index in [2.05, 4.69) is 47.6 Å². The molecule has 1 saturated carbocycles. The van der Waals surface area contributed by atoms with Gasteiger partial charge < -0.3 is 10.2 Å². The Morgan fingerprint density at radius 3 is 2.55 bits per heavy atom. The standard InChI is InChI=1S/C18H28N2/c1-20-14-17(12-15-8-4-2-5-9-15)19-13-18(20)16-10-6-3-7-11-16/h2,4-5,8-9,16-19H,3,6-7,10-14H2,1H3. The number of hydrogen-bond donors (Lipinski definition) is 1. The smallest absolute Gasteiger partial charge is 0.0246 e. The van der Waals surface area contributed by atoms with Gasteiger partial charge in [0.2, 0.25) is 0 Å². The van der Waals surface area contributed by atoms with Crippen LogP contribution in [0.2, 0.25) is 0 Å². The molecule has 3 rings (SSSR count). The van der Waals surface area contributed by atoms with Crippen molar-refractivity contribution in [1.82, 2.24) is 10.2 Å². The molecule has 2 nitrogen and oxygen atoms in total. The van der Waals surface area contributed by atoms with Crippen LogP contribution in [-0.2, 0) is 6.42 Å². The zero-order valence-corrected chi connectivity index (χ0v) is 12.7. The van der Waals surface area contributed by atoms with Crippen molar-refractivity contribution < 1.29 is 0 Å². The van der Waals surface area contributed by atoms with Gasteiger partial charge in [-0.1, -0.05) is 49.6 Å². The second-order valence-corrected chi connectivity index (χ2v) is 6.70. The highest BCUT2D eigenvalue weighted by molar-refractivity contribution is 5.16. The van der Waals surface area contributed by atoms with Gasteiger partial charge in [0.25, 0.3) is 0 Å². The van der Waals surface area contributed by atoms with Gasteiger partial charge in [-0.15, -0.1) is 0 Å². The van der Waals surface area contributed by atoms with Crippen LogP contribution in [0, 0.1) is 5.92 Å². The predicted molar refractivity (Wildman–Crippen MR) is 84.9 cm³/mol. The van der Waals surface area contributed by atoms with E-state index < -0.39 is 0 Å². The molecule has 0 amide bonds. The van der Waals surface area contributed by atoms with Crippen LogP contribution in [0.3, 0.4) is 0 Å². The molecular weight excluding hydrogens is 244 g/mol. The minimum Gasteiger partial charge on any atom is -0.311 e. The summed E-state index contributed by atoms with van der Waals surface area (Å²) in [5.74, 6) is 0.930. The molecule has 2 unspecified atom stereocenters. The van der Waals surface area contributed by atoms with E-state index in [9.17, 15) is 0 Å². The number of rotatable bonds is 3. The van der Waals surface area contributed by atoms with Crippen molar-refractivity contribution in [3.05, 3.63) is 35.9 Å². The van der Waals surface area contributed by atoms with E-state index >= 15 is 0 Å². The highest BCUT2D eigenvalue weighted by Gasteiger charge is 2.31. The van der Waals surface area contributed by atoms with Gasteiger partial charge >= 0.3 is 0 Å². The SMILES string of the molecule is CN1CC(Cc2ccccc2)NCC1C1CCCCC1. The summed E-state index contributed by atoms with van der Waals surface area (Å²) in [4.78, 5) is 2.63. The molecule has 1 aromatic rings. The summed E-state index contributed by atoms with van der Waals surface area (Å²) in [6.45, 7) is 2.37. The summed E-state index contributed by atoms with van der Waals surface area (Å²) in [6.07, 6.45) is 8.39. The lowest BCUT2D eigenvalue weighted by Crippen LogP contribution is -2.58. The number of hydrogen-bond acceptors (Lipinski definition) is 2. The lowest BCUT2D eigenvalue weighted by Gasteiger charge is -2.43. The Morgan fingerprint density at radius 2 is 1.85 bits per heavy atom. The lowest BCUT2D eigenvalue weighted by molar-refractivity contribution is 0.0957. The van der Waals surface area contributed by atoms with Crippen LogP contribution >= 0.6 is 0 Å². The second-order valence-electron chi connectivity index (χ2n) is 6.70. The maximum atomic E-state index is 3.80. The third kappa shape index (κ3) is 3.42. The summed E-state index contributed by atoms with van der Waals surface area (Å²) in [6, 6.07) is 12.3. The highest BCUT2D eigenvalue weighted by Crippen LogP contribution is 2.29. The Morgan fingerprint density at radius 1 is 1.10 bits per heavy atom. The van der Waals surface area contributed by atoms with Crippen LogP contribution in [0.1, 0.15) is 37.7 Å². The van der Waals surface area contributed by atoms with Crippen LogP contribution in [0.5, 0.6) is 0 Å². The fourth-order valence-corrected chi connectivity index (χ4v) is 4.07. The average Bonchev–Trinajstić information content (AvgIpc) is 2.49. The zero-order valence-electron chi connectivity index (χ0n) is 12.7. The molecule has 0 bridgehead atoms. The average molecular weight is 272 g/mol. The Hall–Kier alpha value is -0.860. The van der Waals surface area contributed by atoms with Crippen molar-refractivity contribution >= 4 is 0 Å². The molecule has 2 heteroatoms. The normalized spacial score (nSPS) is 29.4. The number of likely N-dealkylation sites (N-methyl/N-ethyl adjacent to an activating group) is 1. The number of nitrogens with one attached hydrogen (secondary N) is 1. The minimum absolute atomic E-state index is 0.613. The second kappa shape index (κ2) is 6.73. The van der Waals surface area contributed by atoms with Crippen molar-refractivity contribution in [2.45, 2.75) is 50.6 Å². The Kier molecular flexibility index (Phi) is 4.74. The van der Waals surface area contributed by atoms with E-state index in [0.29, 0.717) is 6.04 Å². The third-order valence-electron chi connectivity index (χ3n) is 5.21.